The lowest BCUT2D eigenvalue weighted by molar-refractivity contribution is 0.523. The van der Waals surface area contributed by atoms with Gasteiger partial charge in [-0.25, -0.2) is 4.68 Å². The van der Waals surface area contributed by atoms with Gasteiger partial charge in [-0.05, 0) is 32.9 Å². The number of anilines is 2. The van der Waals surface area contributed by atoms with Gasteiger partial charge >= 0.3 is 0 Å². The Morgan fingerprint density at radius 2 is 2.06 bits per heavy atom. The van der Waals surface area contributed by atoms with Crippen molar-refractivity contribution in [1.29, 1.82) is 0 Å². The summed E-state index contributed by atoms with van der Waals surface area (Å²) in [5.74, 6) is 3.56. The van der Waals surface area contributed by atoms with Gasteiger partial charge in [-0.3, -0.25) is 0 Å². The van der Waals surface area contributed by atoms with Gasteiger partial charge in [0.1, 0.15) is 0 Å². The molecule has 1 saturated heterocycles. The van der Waals surface area contributed by atoms with E-state index in [1.807, 2.05) is 18.7 Å². The molecule has 0 radical (unpaired) electrons. The molecule has 1 aromatic heterocycles. The molecule has 2 heterocycles. The van der Waals surface area contributed by atoms with Gasteiger partial charge in [-0.15, -0.1) is 0 Å². The summed E-state index contributed by atoms with van der Waals surface area (Å²) in [6, 6.07) is 0.358. The van der Waals surface area contributed by atoms with Gasteiger partial charge in [0, 0.05) is 24.9 Å². The van der Waals surface area contributed by atoms with Crippen molar-refractivity contribution < 1.29 is 0 Å². The highest BCUT2D eigenvalue weighted by molar-refractivity contribution is 7.99. The molecule has 0 aromatic carbocycles. The van der Waals surface area contributed by atoms with E-state index in [1.54, 1.807) is 0 Å². The zero-order valence-corrected chi connectivity index (χ0v) is 11.8. The minimum Gasteiger partial charge on any atom is -0.394 e. The van der Waals surface area contributed by atoms with Crippen LogP contribution in [0.5, 0.6) is 0 Å². The lowest BCUT2D eigenvalue weighted by Crippen LogP contribution is -2.29. The first-order valence-electron chi connectivity index (χ1n) is 6.28. The van der Waals surface area contributed by atoms with Crippen LogP contribution < -0.4 is 10.6 Å². The topological polar surface area (TPSA) is 47.1 Å². The van der Waals surface area contributed by atoms with E-state index in [0.717, 1.165) is 30.3 Å². The maximum absolute atomic E-state index is 6.19. The van der Waals surface area contributed by atoms with Crippen LogP contribution in [0.25, 0.3) is 0 Å². The van der Waals surface area contributed by atoms with Gasteiger partial charge in [0.15, 0.2) is 5.82 Å². The SMILES string of the molecule is Cc1nn(C(C)C)c(N2CCCSCC2)c1N. The molecule has 4 nitrogen and oxygen atoms in total. The summed E-state index contributed by atoms with van der Waals surface area (Å²) in [4.78, 5) is 2.40. The monoisotopic (exact) mass is 254 g/mol. The molecule has 0 unspecified atom stereocenters. The summed E-state index contributed by atoms with van der Waals surface area (Å²) in [5.41, 5.74) is 7.99. The van der Waals surface area contributed by atoms with Crippen LogP contribution in [-0.2, 0) is 0 Å². The second-order valence-corrected chi connectivity index (χ2v) is 6.04. The van der Waals surface area contributed by atoms with Gasteiger partial charge < -0.3 is 10.6 Å². The zero-order chi connectivity index (χ0) is 12.4. The first-order chi connectivity index (χ1) is 8.11. The van der Waals surface area contributed by atoms with Crippen molar-refractivity contribution in [2.24, 2.45) is 0 Å². The molecule has 0 bridgehead atoms. The first-order valence-corrected chi connectivity index (χ1v) is 7.44. The highest BCUT2D eigenvalue weighted by Crippen LogP contribution is 2.30. The molecule has 5 heteroatoms. The average molecular weight is 254 g/mol. The minimum atomic E-state index is 0.358. The standard InChI is InChI=1S/C12H22N4S/c1-9(2)16-12(11(13)10(3)14-16)15-5-4-7-17-8-6-15/h9H,4-8,13H2,1-3H3. The Bertz CT molecular complexity index is 378. The van der Waals surface area contributed by atoms with E-state index in [4.69, 9.17) is 5.73 Å². The fourth-order valence-electron chi connectivity index (χ4n) is 2.18. The Morgan fingerprint density at radius 1 is 1.29 bits per heavy atom. The van der Waals surface area contributed by atoms with Crippen LogP contribution in [0, 0.1) is 6.92 Å². The highest BCUT2D eigenvalue weighted by Gasteiger charge is 2.21. The molecule has 2 N–H and O–H groups in total. The molecule has 0 spiro atoms. The Kier molecular flexibility index (Phi) is 3.86. The third-order valence-corrected chi connectivity index (χ3v) is 4.16. The molecule has 0 atom stereocenters. The molecule has 1 aliphatic rings. The molecule has 17 heavy (non-hydrogen) atoms. The van der Waals surface area contributed by atoms with Gasteiger partial charge in [0.2, 0.25) is 0 Å². The molecule has 1 fully saturated rings. The van der Waals surface area contributed by atoms with Gasteiger partial charge in [-0.1, -0.05) is 0 Å². The number of nitrogen functional groups attached to an aromatic ring is 1. The van der Waals surface area contributed by atoms with Crippen LogP contribution in [0.2, 0.25) is 0 Å². The number of hydrogen-bond donors (Lipinski definition) is 1. The van der Waals surface area contributed by atoms with Crippen LogP contribution in [-0.4, -0.2) is 34.4 Å². The van der Waals surface area contributed by atoms with Crippen molar-refractivity contribution in [3.05, 3.63) is 5.69 Å². The Hall–Kier alpha value is -0.840. The quantitative estimate of drug-likeness (QED) is 0.879. The van der Waals surface area contributed by atoms with E-state index >= 15 is 0 Å². The summed E-state index contributed by atoms with van der Waals surface area (Å²) in [6.07, 6.45) is 1.23. The molecule has 96 valence electrons. The molecule has 0 amide bonds. The van der Waals surface area contributed by atoms with Gasteiger partial charge in [0.05, 0.1) is 11.4 Å². The normalized spacial score (nSPS) is 17.5. The van der Waals surface area contributed by atoms with Crippen LogP contribution in [0.4, 0.5) is 11.5 Å². The number of thioether (sulfide) groups is 1. The fraction of sp³-hybridized carbons (Fsp3) is 0.750. The lowest BCUT2D eigenvalue weighted by Gasteiger charge is -2.25. The van der Waals surface area contributed by atoms with Crippen LogP contribution in [0.1, 0.15) is 32.0 Å². The van der Waals surface area contributed by atoms with Crippen molar-refractivity contribution in [3.8, 4) is 0 Å². The Balaban J connectivity index is 2.34. The molecule has 1 aliphatic heterocycles. The minimum absolute atomic E-state index is 0.358. The van der Waals surface area contributed by atoms with Crippen molar-refractivity contribution in [1.82, 2.24) is 9.78 Å². The summed E-state index contributed by atoms with van der Waals surface area (Å²) in [5, 5.41) is 4.56. The number of aromatic nitrogens is 2. The van der Waals surface area contributed by atoms with Crippen LogP contribution in [0.15, 0.2) is 0 Å². The molecule has 0 saturated carbocycles. The van der Waals surface area contributed by atoms with E-state index in [9.17, 15) is 0 Å². The molecular formula is C12H22N4S. The molecule has 0 aliphatic carbocycles. The largest absolute Gasteiger partial charge is 0.394 e. The lowest BCUT2D eigenvalue weighted by atomic mass is 10.3. The second-order valence-electron chi connectivity index (χ2n) is 4.81. The highest BCUT2D eigenvalue weighted by atomic mass is 32.2. The Morgan fingerprint density at radius 3 is 2.76 bits per heavy atom. The number of aryl methyl sites for hydroxylation is 1. The number of hydrogen-bond acceptors (Lipinski definition) is 4. The van der Waals surface area contributed by atoms with Crippen molar-refractivity contribution in [2.75, 3.05) is 35.2 Å². The Labute approximate surface area is 108 Å². The number of nitrogens with two attached hydrogens (primary N) is 1. The third kappa shape index (κ3) is 2.54. The zero-order valence-electron chi connectivity index (χ0n) is 10.9. The number of nitrogens with zero attached hydrogens (tertiary/aromatic N) is 3. The molecule has 2 rings (SSSR count). The van der Waals surface area contributed by atoms with Crippen molar-refractivity contribution >= 4 is 23.3 Å². The van der Waals surface area contributed by atoms with E-state index in [1.165, 1.54) is 17.9 Å². The van der Waals surface area contributed by atoms with Crippen molar-refractivity contribution in [3.63, 3.8) is 0 Å². The summed E-state index contributed by atoms with van der Waals surface area (Å²) >= 11 is 2.03. The summed E-state index contributed by atoms with van der Waals surface area (Å²) in [6.45, 7) is 8.47. The predicted octanol–water partition coefficient (Wildman–Crippen LogP) is 2.30. The maximum Gasteiger partial charge on any atom is 0.150 e. The second kappa shape index (κ2) is 5.21. The van der Waals surface area contributed by atoms with E-state index in [2.05, 4.69) is 28.5 Å². The number of rotatable bonds is 2. The van der Waals surface area contributed by atoms with Crippen LogP contribution >= 0.6 is 11.8 Å². The fourth-order valence-corrected chi connectivity index (χ4v) is 3.07. The van der Waals surface area contributed by atoms with E-state index in [0.29, 0.717) is 6.04 Å². The van der Waals surface area contributed by atoms with E-state index in [-0.39, 0.29) is 0 Å². The van der Waals surface area contributed by atoms with Crippen LogP contribution in [0.3, 0.4) is 0 Å². The average Bonchev–Trinajstić information content (AvgIpc) is 2.51. The molecule has 1 aromatic rings. The van der Waals surface area contributed by atoms with Crippen molar-refractivity contribution in [2.45, 2.75) is 33.2 Å². The predicted molar refractivity (Wildman–Crippen MR) is 75.9 cm³/mol. The smallest absolute Gasteiger partial charge is 0.150 e. The molecular weight excluding hydrogens is 232 g/mol. The third-order valence-electron chi connectivity index (χ3n) is 3.12. The summed E-state index contributed by atoms with van der Waals surface area (Å²) in [7, 11) is 0. The first kappa shape index (κ1) is 12.6. The van der Waals surface area contributed by atoms with Gasteiger partial charge in [-0.2, -0.15) is 16.9 Å². The summed E-state index contributed by atoms with van der Waals surface area (Å²) < 4.78 is 2.07. The van der Waals surface area contributed by atoms with E-state index < -0.39 is 0 Å². The maximum atomic E-state index is 6.19. The van der Waals surface area contributed by atoms with Gasteiger partial charge in [0.25, 0.3) is 0 Å².